The Kier molecular flexibility index (Phi) is 6.63. The van der Waals surface area contributed by atoms with Crippen LogP contribution in [0.1, 0.15) is 46.5 Å². The normalized spacial score (nSPS) is 13.9. The number of hydrogen-bond acceptors (Lipinski definition) is 1. The molecule has 0 spiro atoms. The van der Waals surface area contributed by atoms with Crippen molar-refractivity contribution in [3.63, 3.8) is 0 Å². The third-order valence-corrected chi connectivity index (χ3v) is 1.98. The third kappa shape index (κ3) is 7.86. The molecular formula is C10H22O. The van der Waals surface area contributed by atoms with Gasteiger partial charge >= 0.3 is 0 Å². The summed E-state index contributed by atoms with van der Waals surface area (Å²) in [7, 11) is 0. The lowest BCUT2D eigenvalue weighted by molar-refractivity contribution is 0.276. The third-order valence-electron chi connectivity index (χ3n) is 1.98. The van der Waals surface area contributed by atoms with Crippen molar-refractivity contribution < 1.29 is 5.11 Å². The van der Waals surface area contributed by atoms with E-state index in [1.54, 1.807) is 0 Å². The monoisotopic (exact) mass is 158 g/mol. The average Bonchev–Trinajstić information content (AvgIpc) is 1.86. The van der Waals surface area contributed by atoms with Crippen molar-refractivity contribution in [2.24, 2.45) is 11.8 Å². The molecule has 0 aliphatic heterocycles. The second-order valence-electron chi connectivity index (χ2n) is 3.95. The van der Waals surface area contributed by atoms with Gasteiger partial charge in [0, 0.05) is 6.61 Å². The molecule has 1 atom stereocenters. The minimum Gasteiger partial charge on any atom is -0.396 e. The van der Waals surface area contributed by atoms with Gasteiger partial charge in [0.1, 0.15) is 0 Å². The molecule has 0 heterocycles. The molecule has 0 amide bonds. The fourth-order valence-corrected chi connectivity index (χ4v) is 1.53. The van der Waals surface area contributed by atoms with Crippen LogP contribution in [0.15, 0.2) is 0 Å². The summed E-state index contributed by atoms with van der Waals surface area (Å²) in [5, 5.41) is 8.56. The van der Waals surface area contributed by atoms with Crippen LogP contribution in [-0.4, -0.2) is 11.7 Å². The lowest BCUT2D eigenvalue weighted by Gasteiger charge is -2.12. The highest BCUT2D eigenvalue weighted by molar-refractivity contribution is 4.56. The summed E-state index contributed by atoms with van der Waals surface area (Å²) in [5.74, 6) is 1.65. The molecule has 0 aromatic heterocycles. The Morgan fingerprint density at radius 3 is 2.18 bits per heavy atom. The van der Waals surface area contributed by atoms with E-state index in [0.717, 1.165) is 18.3 Å². The maximum Gasteiger partial charge on any atom is 0.0431 e. The van der Waals surface area contributed by atoms with E-state index in [1.807, 2.05) is 0 Å². The molecule has 0 radical (unpaired) electrons. The van der Waals surface area contributed by atoms with Crippen LogP contribution >= 0.6 is 0 Å². The molecule has 68 valence electrons. The van der Waals surface area contributed by atoms with Crippen LogP contribution in [0.3, 0.4) is 0 Å². The van der Waals surface area contributed by atoms with E-state index in [1.165, 1.54) is 19.3 Å². The van der Waals surface area contributed by atoms with Gasteiger partial charge in [0.05, 0.1) is 0 Å². The average molecular weight is 158 g/mol. The number of hydrogen-bond donors (Lipinski definition) is 1. The molecule has 11 heavy (non-hydrogen) atoms. The molecule has 1 heteroatoms. The first-order valence-corrected chi connectivity index (χ1v) is 4.77. The maximum atomic E-state index is 8.56. The van der Waals surface area contributed by atoms with Gasteiger partial charge < -0.3 is 5.11 Å². The SMILES string of the molecule is CC(C)CC(C)CCCCO. The second kappa shape index (κ2) is 6.66. The number of aliphatic hydroxyl groups is 1. The molecule has 0 rings (SSSR count). The second-order valence-corrected chi connectivity index (χ2v) is 3.95. The molecule has 0 aliphatic carbocycles. The molecule has 0 fully saturated rings. The Morgan fingerprint density at radius 1 is 1.09 bits per heavy atom. The first kappa shape index (κ1) is 11.0. The minimum atomic E-state index is 0.356. The predicted molar refractivity (Wildman–Crippen MR) is 49.6 cm³/mol. The summed E-state index contributed by atoms with van der Waals surface area (Å²) in [6.07, 6.45) is 4.76. The highest BCUT2D eigenvalue weighted by Gasteiger charge is 2.03. The van der Waals surface area contributed by atoms with Gasteiger partial charge in [0.15, 0.2) is 0 Å². The summed E-state index contributed by atoms with van der Waals surface area (Å²) < 4.78 is 0. The van der Waals surface area contributed by atoms with Crippen LogP contribution in [0.25, 0.3) is 0 Å². The highest BCUT2D eigenvalue weighted by Crippen LogP contribution is 2.16. The van der Waals surface area contributed by atoms with Gasteiger partial charge in [0.25, 0.3) is 0 Å². The van der Waals surface area contributed by atoms with Gasteiger partial charge in [-0.25, -0.2) is 0 Å². The van der Waals surface area contributed by atoms with Crippen molar-refractivity contribution in [2.45, 2.75) is 46.5 Å². The molecular weight excluding hydrogens is 136 g/mol. The standard InChI is InChI=1S/C10H22O/c1-9(2)8-10(3)6-4-5-7-11/h9-11H,4-8H2,1-3H3. The molecule has 1 N–H and O–H groups in total. The van der Waals surface area contributed by atoms with Crippen molar-refractivity contribution in [3.8, 4) is 0 Å². The van der Waals surface area contributed by atoms with Gasteiger partial charge in [-0.05, 0) is 24.7 Å². The van der Waals surface area contributed by atoms with E-state index >= 15 is 0 Å². The van der Waals surface area contributed by atoms with Crippen molar-refractivity contribution in [1.82, 2.24) is 0 Å². The predicted octanol–water partition coefficient (Wildman–Crippen LogP) is 2.83. The van der Waals surface area contributed by atoms with Gasteiger partial charge in [-0.3, -0.25) is 0 Å². The van der Waals surface area contributed by atoms with E-state index in [2.05, 4.69) is 20.8 Å². The Labute approximate surface area is 70.8 Å². The molecule has 0 bridgehead atoms. The lowest BCUT2D eigenvalue weighted by atomic mass is 9.94. The van der Waals surface area contributed by atoms with Crippen molar-refractivity contribution in [3.05, 3.63) is 0 Å². The fourth-order valence-electron chi connectivity index (χ4n) is 1.53. The van der Waals surface area contributed by atoms with Crippen LogP contribution in [0.2, 0.25) is 0 Å². The van der Waals surface area contributed by atoms with Gasteiger partial charge in [-0.15, -0.1) is 0 Å². The van der Waals surface area contributed by atoms with Gasteiger partial charge in [-0.1, -0.05) is 33.6 Å². The summed E-state index contributed by atoms with van der Waals surface area (Å²) in [6, 6.07) is 0. The smallest absolute Gasteiger partial charge is 0.0431 e. The van der Waals surface area contributed by atoms with Crippen LogP contribution in [0, 0.1) is 11.8 Å². The summed E-state index contributed by atoms with van der Waals surface area (Å²) >= 11 is 0. The first-order chi connectivity index (χ1) is 5.16. The summed E-state index contributed by atoms with van der Waals surface area (Å²) in [5.41, 5.74) is 0. The maximum absolute atomic E-state index is 8.56. The van der Waals surface area contributed by atoms with Gasteiger partial charge in [0.2, 0.25) is 0 Å². The van der Waals surface area contributed by atoms with Crippen LogP contribution < -0.4 is 0 Å². The largest absolute Gasteiger partial charge is 0.396 e. The first-order valence-electron chi connectivity index (χ1n) is 4.77. The summed E-state index contributed by atoms with van der Waals surface area (Å²) in [4.78, 5) is 0. The number of unbranched alkanes of at least 4 members (excludes halogenated alkanes) is 1. The molecule has 0 aliphatic rings. The Balaban J connectivity index is 3.15. The fraction of sp³-hybridized carbons (Fsp3) is 1.00. The highest BCUT2D eigenvalue weighted by atomic mass is 16.2. The van der Waals surface area contributed by atoms with E-state index < -0.39 is 0 Å². The van der Waals surface area contributed by atoms with E-state index in [0.29, 0.717) is 6.61 Å². The Bertz CT molecular complexity index is 78.9. The van der Waals surface area contributed by atoms with Gasteiger partial charge in [-0.2, -0.15) is 0 Å². The topological polar surface area (TPSA) is 20.2 Å². The van der Waals surface area contributed by atoms with Crippen molar-refractivity contribution in [1.29, 1.82) is 0 Å². The summed E-state index contributed by atoms with van der Waals surface area (Å²) in [6.45, 7) is 7.19. The Hall–Kier alpha value is -0.0400. The zero-order valence-electron chi connectivity index (χ0n) is 8.14. The molecule has 0 aromatic rings. The lowest BCUT2D eigenvalue weighted by Crippen LogP contribution is -2.00. The van der Waals surface area contributed by atoms with Crippen LogP contribution in [0.4, 0.5) is 0 Å². The van der Waals surface area contributed by atoms with Crippen molar-refractivity contribution in [2.75, 3.05) is 6.61 Å². The van der Waals surface area contributed by atoms with Crippen LogP contribution in [-0.2, 0) is 0 Å². The quantitative estimate of drug-likeness (QED) is 0.589. The van der Waals surface area contributed by atoms with Crippen LogP contribution in [0.5, 0.6) is 0 Å². The molecule has 0 saturated carbocycles. The molecule has 1 unspecified atom stereocenters. The molecule has 0 aromatic carbocycles. The molecule has 0 saturated heterocycles. The van der Waals surface area contributed by atoms with E-state index in [4.69, 9.17) is 5.11 Å². The van der Waals surface area contributed by atoms with Crippen molar-refractivity contribution >= 4 is 0 Å². The minimum absolute atomic E-state index is 0.356. The zero-order chi connectivity index (χ0) is 8.69. The zero-order valence-corrected chi connectivity index (χ0v) is 8.14. The van der Waals surface area contributed by atoms with E-state index in [9.17, 15) is 0 Å². The number of aliphatic hydroxyl groups excluding tert-OH is 1. The molecule has 1 nitrogen and oxygen atoms in total. The Morgan fingerprint density at radius 2 is 1.73 bits per heavy atom. The number of rotatable bonds is 6. The van der Waals surface area contributed by atoms with E-state index in [-0.39, 0.29) is 0 Å².